The van der Waals surface area contributed by atoms with E-state index in [1.165, 1.54) is 0 Å². The van der Waals surface area contributed by atoms with E-state index < -0.39 is 0 Å². The van der Waals surface area contributed by atoms with Crippen LogP contribution in [0.4, 0.5) is 0 Å². The molecule has 2 heterocycles. The third kappa shape index (κ3) is 2.06. The molecule has 5 heteroatoms. The molecule has 0 spiro atoms. The first-order valence-corrected chi connectivity index (χ1v) is 5.83. The molecule has 0 amide bonds. The quantitative estimate of drug-likeness (QED) is 0.723. The number of pyridine rings is 1. The summed E-state index contributed by atoms with van der Waals surface area (Å²) in [7, 11) is 0. The Balaban J connectivity index is 2.02. The maximum absolute atomic E-state index is 10.9. The van der Waals surface area contributed by atoms with Gasteiger partial charge in [0.25, 0.3) is 0 Å². The number of aromatic hydroxyl groups is 1. The average molecular weight is 253 g/mol. The number of phenols is 1. The average Bonchev–Trinajstić information content (AvgIpc) is 2.84. The predicted octanol–water partition coefficient (Wildman–Crippen LogP) is 1.84. The number of rotatable bonds is 3. The SMILES string of the molecule is O=Cc1cccn2c(Cc3ccc(O)cc3)nnc12. The lowest BCUT2D eigenvalue weighted by atomic mass is 10.1. The Kier molecular flexibility index (Phi) is 2.72. The number of aromatic nitrogens is 3. The minimum Gasteiger partial charge on any atom is -0.508 e. The van der Waals surface area contributed by atoms with Crippen LogP contribution >= 0.6 is 0 Å². The van der Waals surface area contributed by atoms with Crippen LogP contribution in [0.3, 0.4) is 0 Å². The minimum atomic E-state index is 0.234. The molecule has 5 nitrogen and oxygen atoms in total. The summed E-state index contributed by atoms with van der Waals surface area (Å²) in [5.74, 6) is 0.988. The maximum Gasteiger partial charge on any atom is 0.171 e. The van der Waals surface area contributed by atoms with Crippen molar-refractivity contribution < 1.29 is 9.90 Å². The highest BCUT2D eigenvalue weighted by atomic mass is 16.3. The summed E-state index contributed by atoms with van der Waals surface area (Å²) in [5, 5.41) is 17.4. The van der Waals surface area contributed by atoms with Crippen molar-refractivity contribution >= 4 is 11.9 Å². The molecule has 0 fully saturated rings. The van der Waals surface area contributed by atoms with Gasteiger partial charge in [0.1, 0.15) is 11.6 Å². The van der Waals surface area contributed by atoms with Gasteiger partial charge >= 0.3 is 0 Å². The van der Waals surface area contributed by atoms with Gasteiger partial charge in [0, 0.05) is 12.6 Å². The van der Waals surface area contributed by atoms with Crippen LogP contribution in [-0.4, -0.2) is 26.0 Å². The third-order valence-electron chi connectivity index (χ3n) is 2.96. The van der Waals surface area contributed by atoms with Gasteiger partial charge in [-0.05, 0) is 29.8 Å². The molecule has 1 aromatic carbocycles. The maximum atomic E-state index is 10.9. The number of carbonyl (C=O) groups excluding carboxylic acids is 1. The molecule has 0 radical (unpaired) electrons. The second kappa shape index (κ2) is 4.53. The Bertz CT molecular complexity index is 732. The molecule has 0 aliphatic rings. The van der Waals surface area contributed by atoms with Crippen molar-refractivity contribution in [1.29, 1.82) is 0 Å². The standard InChI is InChI=1S/C14H11N3O2/c18-9-11-2-1-7-17-13(15-16-14(11)17)8-10-3-5-12(19)6-4-10/h1-7,9,19H,8H2. The Hall–Kier alpha value is -2.69. The van der Waals surface area contributed by atoms with E-state index in [1.807, 2.05) is 18.3 Å². The molecular weight excluding hydrogens is 242 g/mol. The van der Waals surface area contributed by atoms with E-state index in [4.69, 9.17) is 0 Å². The summed E-state index contributed by atoms with van der Waals surface area (Å²) in [4.78, 5) is 10.9. The Labute approximate surface area is 109 Å². The summed E-state index contributed by atoms with van der Waals surface area (Å²) < 4.78 is 1.80. The van der Waals surface area contributed by atoms with E-state index in [1.54, 1.807) is 28.7 Å². The molecule has 0 aliphatic carbocycles. The van der Waals surface area contributed by atoms with E-state index in [0.29, 0.717) is 17.6 Å². The fourth-order valence-corrected chi connectivity index (χ4v) is 1.99. The highest BCUT2D eigenvalue weighted by molar-refractivity contribution is 5.83. The summed E-state index contributed by atoms with van der Waals surface area (Å²) in [6.45, 7) is 0. The number of aldehydes is 1. The largest absolute Gasteiger partial charge is 0.508 e. The molecule has 0 aliphatic heterocycles. The van der Waals surface area contributed by atoms with Crippen LogP contribution in [-0.2, 0) is 6.42 Å². The van der Waals surface area contributed by atoms with Crippen LogP contribution < -0.4 is 0 Å². The lowest BCUT2D eigenvalue weighted by molar-refractivity contribution is 0.112. The van der Waals surface area contributed by atoms with E-state index >= 15 is 0 Å². The van der Waals surface area contributed by atoms with Crippen molar-refractivity contribution in [3.63, 3.8) is 0 Å². The summed E-state index contributed by atoms with van der Waals surface area (Å²) in [6, 6.07) is 10.4. The molecular formula is C14H11N3O2. The first kappa shape index (κ1) is 11.4. The number of fused-ring (bicyclic) bond motifs is 1. The van der Waals surface area contributed by atoms with Crippen LogP contribution in [0.15, 0.2) is 42.6 Å². The number of carbonyl (C=O) groups is 1. The van der Waals surface area contributed by atoms with Crippen molar-refractivity contribution in [2.24, 2.45) is 0 Å². The normalized spacial score (nSPS) is 10.7. The Morgan fingerprint density at radius 3 is 2.68 bits per heavy atom. The predicted molar refractivity (Wildman–Crippen MR) is 69.3 cm³/mol. The van der Waals surface area contributed by atoms with Gasteiger partial charge in [0.2, 0.25) is 0 Å². The molecule has 0 bridgehead atoms. The summed E-state index contributed by atoms with van der Waals surface area (Å²) >= 11 is 0. The molecule has 3 rings (SSSR count). The van der Waals surface area contributed by atoms with Crippen LogP contribution in [0.2, 0.25) is 0 Å². The minimum absolute atomic E-state index is 0.234. The highest BCUT2D eigenvalue weighted by Crippen LogP contribution is 2.14. The smallest absolute Gasteiger partial charge is 0.171 e. The van der Waals surface area contributed by atoms with Crippen LogP contribution in [0.5, 0.6) is 5.75 Å². The van der Waals surface area contributed by atoms with Crippen molar-refractivity contribution in [2.45, 2.75) is 6.42 Å². The first-order chi connectivity index (χ1) is 9.28. The van der Waals surface area contributed by atoms with Crippen LogP contribution in [0.1, 0.15) is 21.7 Å². The zero-order valence-corrected chi connectivity index (χ0v) is 10.0. The first-order valence-electron chi connectivity index (χ1n) is 5.83. The molecule has 19 heavy (non-hydrogen) atoms. The second-order valence-corrected chi connectivity index (χ2v) is 4.23. The number of nitrogens with zero attached hydrogens (tertiary/aromatic N) is 3. The lowest BCUT2D eigenvalue weighted by Crippen LogP contribution is -1.97. The molecule has 1 N–H and O–H groups in total. The van der Waals surface area contributed by atoms with Crippen molar-refractivity contribution in [3.8, 4) is 5.75 Å². The summed E-state index contributed by atoms with van der Waals surface area (Å²) in [6.07, 6.45) is 3.19. The fourth-order valence-electron chi connectivity index (χ4n) is 1.99. The number of hydrogen-bond acceptors (Lipinski definition) is 4. The van der Waals surface area contributed by atoms with E-state index in [2.05, 4.69) is 10.2 Å². The molecule has 94 valence electrons. The van der Waals surface area contributed by atoms with Crippen LogP contribution in [0, 0.1) is 0 Å². The zero-order valence-electron chi connectivity index (χ0n) is 10.0. The van der Waals surface area contributed by atoms with Crippen molar-refractivity contribution in [2.75, 3.05) is 0 Å². The molecule has 0 atom stereocenters. The second-order valence-electron chi connectivity index (χ2n) is 4.23. The third-order valence-corrected chi connectivity index (χ3v) is 2.96. The molecule has 0 saturated carbocycles. The Morgan fingerprint density at radius 2 is 1.95 bits per heavy atom. The van der Waals surface area contributed by atoms with Gasteiger partial charge in [-0.25, -0.2) is 0 Å². The van der Waals surface area contributed by atoms with E-state index in [9.17, 15) is 9.90 Å². The highest BCUT2D eigenvalue weighted by Gasteiger charge is 2.09. The topological polar surface area (TPSA) is 67.5 Å². The number of benzene rings is 1. The number of hydrogen-bond donors (Lipinski definition) is 1. The monoisotopic (exact) mass is 253 g/mol. The van der Waals surface area contributed by atoms with Gasteiger partial charge < -0.3 is 5.11 Å². The van der Waals surface area contributed by atoms with Gasteiger partial charge in [-0.15, -0.1) is 10.2 Å². The van der Waals surface area contributed by atoms with Gasteiger partial charge in [-0.3, -0.25) is 9.20 Å². The van der Waals surface area contributed by atoms with Gasteiger partial charge in [-0.2, -0.15) is 0 Å². The molecule has 3 aromatic rings. The molecule has 2 aromatic heterocycles. The van der Waals surface area contributed by atoms with Gasteiger partial charge in [-0.1, -0.05) is 12.1 Å². The lowest BCUT2D eigenvalue weighted by Gasteiger charge is -2.01. The summed E-state index contributed by atoms with van der Waals surface area (Å²) in [5.41, 5.74) is 2.10. The number of phenolic OH excluding ortho intramolecular Hbond substituents is 1. The van der Waals surface area contributed by atoms with Gasteiger partial charge in [0.15, 0.2) is 11.9 Å². The zero-order chi connectivity index (χ0) is 13.2. The fraction of sp³-hybridized carbons (Fsp3) is 0.0714. The van der Waals surface area contributed by atoms with Gasteiger partial charge in [0.05, 0.1) is 5.56 Å². The van der Waals surface area contributed by atoms with Crippen molar-refractivity contribution in [1.82, 2.24) is 14.6 Å². The van der Waals surface area contributed by atoms with Crippen molar-refractivity contribution in [3.05, 3.63) is 59.5 Å². The van der Waals surface area contributed by atoms with E-state index in [-0.39, 0.29) is 5.75 Å². The molecule has 0 unspecified atom stereocenters. The Morgan fingerprint density at radius 1 is 1.16 bits per heavy atom. The van der Waals surface area contributed by atoms with E-state index in [0.717, 1.165) is 17.7 Å². The van der Waals surface area contributed by atoms with Crippen LogP contribution in [0.25, 0.3) is 5.65 Å². The molecule has 0 saturated heterocycles.